The van der Waals surface area contributed by atoms with Crippen molar-refractivity contribution in [3.8, 4) is 39.1 Å². The first-order valence-electron chi connectivity index (χ1n) is 19.2. The van der Waals surface area contributed by atoms with Crippen molar-refractivity contribution in [3.63, 3.8) is 0 Å². The highest BCUT2D eigenvalue weighted by molar-refractivity contribution is 6.74. The molecule has 258 valence electrons. The Bertz CT molecular complexity index is 3240. The number of aromatic nitrogens is 1. The van der Waals surface area contributed by atoms with E-state index in [9.17, 15) is 0 Å². The molecule has 2 aromatic heterocycles. The first kappa shape index (κ1) is 30.7. The molecule has 0 amide bonds. The summed E-state index contributed by atoms with van der Waals surface area (Å²) in [5.74, 6) is 0. The van der Waals surface area contributed by atoms with Gasteiger partial charge in [0.15, 0.2) is 7.28 Å². The van der Waals surface area contributed by atoms with Crippen LogP contribution in [0.25, 0.3) is 82.8 Å². The van der Waals surface area contributed by atoms with Crippen LogP contribution in [0.5, 0.6) is 0 Å². The van der Waals surface area contributed by atoms with Gasteiger partial charge in [0.1, 0.15) is 11.2 Å². The van der Waals surface area contributed by atoms with Crippen molar-refractivity contribution in [1.82, 2.24) is 4.57 Å². The van der Waals surface area contributed by atoms with E-state index in [0.717, 1.165) is 40.6 Å². The van der Waals surface area contributed by atoms with Gasteiger partial charge in [-0.25, -0.2) is 0 Å². The third kappa shape index (κ3) is 4.28. The van der Waals surface area contributed by atoms with Gasteiger partial charge in [-0.2, -0.15) is 0 Å². The average molecular weight is 703 g/mol. The molecular weight excluding hydrogens is 667 g/mol. The summed E-state index contributed by atoms with van der Waals surface area (Å²) in [4.78, 5) is 0. The quantitative estimate of drug-likeness (QED) is 0.185. The van der Waals surface area contributed by atoms with E-state index in [0.29, 0.717) is 0 Å². The van der Waals surface area contributed by atoms with Crippen LogP contribution in [0.3, 0.4) is 0 Å². The highest BCUT2D eigenvalue weighted by Gasteiger charge is 2.36. The molecule has 0 atom stereocenters. The number of hydrogen-bond donors (Lipinski definition) is 1. The molecule has 4 heteroatoms. The fourth-order valence-electron chi connectivity index (χ4n) is 9.84. The van der Waals surface area contributed by atoms with Gasteiger partial charge in [0.25, 0.3) is 0 Å². The summed E-state index contributed by atoms with van der Waals surface area (Å²) < 4.78 is 9.03. The first-order valence-corrected chi connectivity index (χ1v) is 19.2. The minimum absolute atomic E-state index is 0.104. The normalized spacial score (nSPS) is 13.6. The molecule has 3 nitrogen and oxygen atoms in total. The van der Waals surface area contributed by atoms with Crippen molar-refractivity contribution in [3.05, 3.63) is 175 Å². The van der Waals surface area contributed by atoms with Gasteiger partial charge in [-0.05, 0) is 99.0 Å². The van der Waals surface area contributed by atoms with Crippen molar-refractivity contribution in [1.29, 1.82) is 0 Å². The summed E-state index contributed by atoms with van der Waals surface area (Å²) in [6.45, 7) is 4.75. The van der Waals surface area contributed by atoms with Gasteiger partial charge in [0, 0.05) is 55.1 Å². The number of furan rings is 1. The second-order valence-electron chi connectivity index (χ2n) is 15.7. The number of fused-ring (bicyclic) bond motifs is 11. The van der Waals surface area contributed by atoms with Crippen LogP contribution in [0.4, 0.5) is 11.4 Å². The van der Waals surface area contributed by atoms with Crippen LogP contribution in [0.15, 0.2) is 168 Å². The molecule has 55 heavy (non-hydrogen) atoms. The Morgan fingerprint density at radius 2 is 1.27 bits per heavy atom. The predicted molar refractivity (Wildman–Crippen MR) is 233 cm³/mol. The molecular formula is C51H35BN2O. The smallest absolute Gasteiger partial charge is 0.198 e. The number of anilines is 2. The van der Waals surface area contributed by atoms with E-state index in [4.69, 9.17) is 4.42 Å². The van der Waals surface area contributed by atoms with Crippen LogP contribution in [0.1, 0.15) is 25.0 Å². The zero-order valence-electron chi connectivity index (χ0n) is 30.7. The average Bonchev–Trinajstić information content (AvgIpc) is 3.84. The monoisotopic (exact) mass is 702 g/mol. The van der Waals surface area contributed by atoms with Crippen molar-refractivity contribution >= 4 is 73.3 Å². The van der Waals surface area contributed by atoms with E-state index in [-0.39, 0.29) is 5.41 Å². The Morgan fingerprint density at radius 1 is 0.545 bits per heavy atom. The summed E-state index contributed by atoms with van der Waals surface area (Å²) in [5.41, 5.74) is 20.6. The van der Waals surface area contributed by atoms with E-state index in [1.807, 2.05) is 0 Å². The molecule has 0 radical (unpaired) electrons. The van der Waals surface area contributed by atoms with E-state index in [1.54, 1.807) is 0 Å². The van der Waals surface area contributed by atoms with Crippen LogP contribution < -0.4 is 16.2 Å². The Hall–Kier alpha value is -6.78. The molecule has 2 aliphatic rings. The van der Waals surface area contributed by atoms with Crippen LogP contribution in [-0.2, 0) is 5.41 Å². The van der Waals surface area contributed by atoms with Crippen LogP contribution in [0.2, 0.25) is 0 Å². The summed E-state index contributed by atoms with van der Waals surface area (Å²) in [5, 5.41) is 8.65. The van der Waals surface area contributed by atoms with Gasteiger partial charge in [-0.15, -0.1) is 0 Å². The lowest BCUT2D eigenvalue weighted by molar-refractivity contribution is 0.660. The van der Waals surface area contributed by atoms with Crippen molar-refractivity contribution in [2.75, 3.05) is 5.32 Å². The molecule has 1 aliphatic heterocycles. The molecule has 3 heterocycles. The largest absolute Gasteiger partial charge is 0.456 e. The lowest BCUT2D eigenvalue weighted by atomic mass is 9.58. The van der Waals surface area contributed by atoms with Gasteiger partial charge in [0.2, 0.25) is 0 Å². The van der Waals surface area contributed by atoms with Crippen LogP contribution in [0, 0.1) is 0 Å². The minimum Gasteiger partial charge on any atom is -0.456 e. The van der Waals surface area contributed by atoms with Crippen molar-refractivity contribution < 1.29 is 4.42 Å². The van der Waals surface area contributed by atoms with E-state index >= 15 is 0 Å². The topological polar surface area (TPSA) is 30.1 Å². The van der Waals surface area contributed by atoms with Crippen LogP contribution in [-0.4, -0.2) is 11.8 Å². The lowest BCUT2D eigenvalue weighted by Crippen LogP contribution is -2.37. The maximum Gasteiger partial charge on any atom is 0.198 e. The van der Waals surface area contributed by atoms with E-state index in [1.165, 1.54) is 82.9 Å². The number of benzene rings is 8. The highest BCUT2D eigenvalue weighted by atomic mass is 16.3. The third-order valence-corrected chi connectivity index (χ3v) is 12.4. The summed E-state index contributed by atoms with van der Waals surface area (Å²) in [7, 11) is 0.789. The lowest BCUT2D eigenvalue weighted by Gasteiger charge is -2.25. The third-order valence-electron chi connectivity index (χ3n) is 12.4. The number of rotatable bonds is 4. The Kier molecular flexibility index (Phi) is 6.20. The fraction of sp³-hybridized carbons (Fsp3) is 0.0588. The van der Waals surface area contributed by atoms with Gasteiger partial charge < -0.3 is 14.3 Å². The molecule has 8 aromatic carbocycles. The summed E-state index contributed by atoms with van der Waals surface area (Å²) in [6.07, 6.45) is 0. The van der Waals surface area contributed by atoms with Crippen molar-refractivity contribution in [2.45, 2.75) is 19.3 Å². The molecule has 0 fully saturated rings. The van der Waals surface area contributed by atoms with Gasteiger partial charge >= 0.3 is 0 Å². The Labute approximate surface area is 319 Å². The number of nitrogens with zero attached hydrogens (tertiary/aromatic N) is 1. The van der Waals surface area contributed by atoms with Gasteiger partial charge in [-0.3, -0.25) is 0 Å². The highest BCUT2D eigenvalue weighted by Crippen LogP contribution is 2.51. The van der Waals surface area contributed by atoms with Gasteiger partial charge in [0.05, 0.1) is 5.52 Å². The molecule has 0 bridgehead atoms. The van der Waals surface area contributed by atoms with Crippen LogP contribution >= 0.6 is 0 Å². The zero-order valence-corrected chi connectivity index (χ0v) is 30.7. The minimum atomic E-state index is -0.104. The molecule has 0 saturated carbocycles. The van der Waals surface area contributed by atoms with E-state index in [2.05, 4.69) is 188 Å². The molecule has 10 aromatic rings. The van der Waals surface area contributed by atoms with E-state index < -0.39 is 0 Å². The molecule has 1 N–H and O–H groups in total. The second-order valence-corrected chi connectivity index (χ2v) is 15.7. The predicted octanol–water partition coefficient (Wildman–Crippen LogP) is 11.8. The molecule has 1 aliphatic carbocycles. The molecule has 0 spiro atoms. The SMILES string of the molecule is CC1(C)c2ccccc2-c2ccc(-c3cc(-c4ccccc4Nc4ccccc4)c4c5c3c3ccccc3n5-c3cc5c(cc3B4)oc3ccccc35)cc21. The Morgan fingerprint density at radius 3 is 2.16 bits per heavy atom. The van der Waals surface area contributed by atoms with Gasteiger partial charge in [-0.1, -0.05) is 129 Å². The maximum absolute atomic E-state index is 6.48. The number of hydrogen-bond acceptors (Lipinski definition) is 2. The summed E-state index contributed by atoms with van der Waals surface area (Å²) >= 11 is 0. The standard InChI is InChI=1S/C51H35BN2O/c1-51(2)40-20-10-6-16-32(40)33-25-24-30(26-41(33)51)37-27-39(34-17-7-11-21-43(34)53-31-14-4-3-5-15-31)49-50-48(37)36-19-8-12-22-44(36)54(50)45-28-38-35-18-9-13-23-46(35)55-47(38)29-42(45)52-49/h3-29,52-53H,1-2H3. The summed E-state index contributed by atoms with van der Waals surface area (Å²) in [6, 6.07) is 59.9. The number of para-hydroxylation sites is 4. The fourth-order valence-corrected chi connectivity index (χ4v) is 9.84. The molecule has 12 rings (SSSR count). The molecule has 0 unspecified atom stereocenters. The Balaban J connectivity index is 1.19. The van der Waals surface area contributed by atoms with Crippen molar-refractivity contribution in [2.24, 2.45) is 0 Å². The maximum atomic E-state index is 6.48. The number of nitrogens with one attached hydrogen (secondary N) is 1. The molecule has 0 saturated heterocycles. The zero-order chi connectivity index (χ0) is 36.4. The second kappa shape index (κ2) is 11.1. The first-order chi connectivity index (χ1) is 27.0.